The minimum Gasteiger partial charge on any atom is -0.368 e. The Hall–Kier alpha value is -1.83. The average Bonchev–Trinajstić information content (AvgIpc) is 2.96. The van der Waals surface area contributed by atoms with E-state index in [1.165, 1.54) is 12.1 Å². The van der Waals surface area contributed by atoms with Crippen LogP contribution in [0.2, 0.25) is 0 Å². The first-order valence-corrected chi connectivity index (χ1v) is 8.83. The maximum absolute atomic E-state index is 13.1. The molecule has 1 amide bonds. The molecule has 1 aliphatic heterocycles. The summed E-state index contributed by atoms with van der Waals surface area (Å²) in [5.74, 6) is -0.712. The topological polar surface area (TPSA) is 62.5 Å². The maximum atomic E-state index is 13.1. The van der Waals surface area contributed by atoms with Crippen molar-refractivity contribution in [3.05, 3.63) is 51.7 Å². The number of hydrogen-bond acceptors (Lipinski definition) is 5. The third-order valence-corrected chi connectivity index (χ3v) is 5.10. The van der Waals surface area contributed by atoms with Crippen molar-refractivity contribution in [1.29, 1.82) is 0 Å². The van der Waals surface area contributed by atoms with Crippen LogP contribution in [-0.4, -0.2) is 46.9 Å². The second kappa shape index (κ2) is 7.38. The molecule has 1 aromatic carbocycles. The zero-order valence-corrected chi connectivity index (χ0v) is 14.4. The van der Waals surface area contributed by atoms with Gasteiger partial charge in [0.2, 0.25) is 5.91 Å². The van der Waals surface area contributed by atoms with E-state index in [0.29, 0.717) is 0 Å². The Morgan fingerprint density at radius 2 is 1.96 bits per heavy atom. The fourth-order valence-electron chi connectivity index (χ4n) is 3.09. The molecule has 24 heavy (non-hydrogen) atoms. The number of nitrogens with two attached hydrogens (primary N) is 1. The molecule has 2 aromatic rings. The van der Waals surface area contributed by atoms with Gasteiger partial charge in [0.25, 0.3) is 0 Å². The van der Waals surface area contributed by atoms with E-state index in [0.717, 1.165) is 49.0 Å². The summed E-state index contributed by atoms with van der Waals surface area (Å²) in [6.07, 6.45) is 0. The van der Waals surface area contributed by atoms with Crippen molar-refractivity contribution in [3.8, 4) is 0 Å². The predicted molar refractivity (Wildman–Crippen MR) is 92.0 cm³/mol. The summed E-state index contributed by atoms with van der Waals surface area (Å²) in [7, 11) is 0. The summed E-state index contributed by atoms with van der Waals surface area (Å²) < 4.78 is 13.1. The van der Waals surface area contributed by atoms with Crippen molar-refractivity contribution in [2.45, 2.75) is 19.5 Å². The van der Waals surface area contributed by atoms with Crippen LogP contribution in [0.3, 0.4) is 0 Å². The van der Waals surface area contributed by atoms with E-state index in [4.69, 9.17) is 5.73 Å². The lowest BCUT2D eigenvalue weighted by Crippen LogP contribution is -2.50. The first kappa shape index (κ1) is 17.0. The predicted octanol–water partition coefficient (Wildman–Crippen LogP) is 1.93. The quantitative estimate of drug-likeness (QED) is 0.897. The van der Waals surface area contributed by atoms with Gasteiger partial charge in [-0.2, -0.15) is 0 Å². The molecule has 0 saturated carbocycles. The molecule has 1 saturated heterocycles. The standard InChI is InChI=1S/C17H21FN4OS/c1-12-20-15(11-24-12)10-21-6-8-22(9-7-21)16(17(19)23)13-2-4-14(18)5-3-13/h2-5,11,16H,6-10H2,1H3,(H2,19,23). The Bertz CT molecular complexity index is 695. The van der Waals surface area contributed by atoms with Gasteiger partial charge in [-0.15, -0.1) is 11.3 Å². The molecular formula is C17H21FN4OS. The Morgan fingerprint density at radius 1 is 1.29 bits per heavy atom. The first-order valence-electron chi connectivity index (χ1n) is 7.95. The molecule has 0 spiro atoms. The van der Waals surface area contributed by atoms with Crippen molar-refractivity contribution in [2.24, 2.45) is 5.73 Å². The van der Waals surface area contributed by atoms with Gasteiger partial charge in [0.15, 0.2) is 0 Å². The molecule has 1 aliphatic rings. The number of benzene rings is 1. The Morgan fingerprint density at radius 3 is 2.50 bits per heavy atom. The number of rotatable bonds is 5. The molecule has 0 radical (unpaired) electrons. The van der Waals surface area contributed by atoms with E-state index in [9.17, 15) is 9.18 Å². The van der Waals surface area contributed by atoms with Gasteiger partial charge in [-0.05, 0) is 24.6 Å². The molecule has 2 N–H and O–H groups in total. The number of thiazole rings is 1. The molecule has 1 fully saturated rings. The highest BCUT2D eigenvalue weighted by Gasteiger charge is 2.29. The van der Waals surface area contributed by atoms with Crippen LogP contribution in [0.15, 0.2) is 29.6 Å². The minimum absolute atomic E-state index is 0.314. The highest BCUT2D eigenvalue weighted by atomic mass is 32.1. The molecule has 2 heterocycles. The van der Waals surface area contributed by atoms with Crippen LogP contribution in [0, 0.1) is 12.7 Å². The van der Waals surface area contributed by atoms with E-state index >= 15 is 0 Å². The van der Waals surface area contributed by atoms with Crippen LogP contribution >= 0.6 is 11.3 Å². The molecule has 3 rings (SSSR count). The number of carbonyl (C=O) groups is 1. The lowest BCUT2D eigenvalue weighted by atomic mass is 10.0. The van der Waals surface area contributed by atoms with Crippen molar-refractivity contribution >= 4 is 17.2 Å². The van der Waals surface area contributed by atoms with Gasteiger partial charge in [-0.1, -0.05) is 12.1 Å². The lowest BCUT2D eigenvalue weighted by molar-refractivity contribution is -0.124. The van der Waals surface area contributed by atoms with Gasteiger partial charge in [0.05, 0.1) is 10.7 Å². The third kappa shape index (κ3) is 3.98. The molecule has 5 nitrogen and oxygen atoms in total. The normalized spacial score (nSPS) is 17.8. The second-order valence-corrected chi connectivity index (χ2v) is 7.09. The highest BCUT2D eigenvalue weighted by Crippen LogP contribution is 2.23. The van der Waals surface area contributed by atoms with Crippen LogP contribution < -0.4 is 5.73 Å². The summed E-state index contributed by atoms with van der Waals surface area (Å²) >= 11 is 1.66. The number of primary amides is 1. The fraction of sp³-hybridized carbons (Fsp3) is 0.412. The molecular weight excluding hydrogens is 327 g/mol. The number of piperazine rings is 1. The van der Waals surface area contributed by atoms with E-state index < -0.39 is 11.9 Å². The smallest absolute Gasteiger partial charge is 0.239 e. The molecule has 0 bridgehead atoms. The summed E-state index contributed by atoms with van der Waals surface area (Å²) in [5.41, 5.74) is 7.44. The van der Waals surface area contributed by atoms with Crippen LogP contribution in [0.1, 0.15) is 22.3 Å². The van der Waals surface area contributed by atoms with Crippen LogP contribution in [0.25, 0.3) is 0 Å². The highest BCUT2D eigenvalue weighted by molar-refractivity contribution is 7.09. The summed E-state index contributed by atoms with van der Waals surface area (Å²) in [4.78, 5) is 20.8. The van der Waals surface area contributed by atoms with Crippen LogP contribution in [0.4, 0.5) is 4.39 Å². The largest absolute Gasteiger partial charge is 0.368 e. The molecule has 128 valence electrons. The van der Waals surface area contributed by atoms with Gasteiger partial charge < -0.3 is 5.73 Å². The average molecular weight is 348 g/mol. The van der Waals surface area contributed by atoms with Crippen molar-refractivity contribution in [2.75, 3.05) is 26.2 Å². The minimum atomic E-state index is -0.505. The summed E-state index contributed by atoms with van der Waals surface area (Å²) in [5, 5.41) is 3.17. The maximum Gasteiger partial charge on any atom is 0.239 e. The molecule has 7 heteroatoms. The Labute approximate surface area is 144 Å². The van der Waals surface area contributed by atoms with Gasteiger partial charge in [-0.3, -0.25) is 14.6 Å². The fourth-order valence-corrected chi connectivity index (χ4v) is 3.69. The van der Waals surface area contributed by atoms with Gasteiger partial charge in [0, 0.05) is 38.1 Å². The van der Waals surface area contributed by atoms with Crippen molar-refractivity contribution < 1.29 is 9.18 Å². The molecule has 1 atom stereocenters. The number of aryl methyl sites for hydroxylation is 1. The lowest BCUT2D eigenvalue weighted by Gasteiger charge is -2.38. The van der Waals surface area contributed by atoms with Gasteiger partial charge in [-0.25, -0.2) is 9.37 Å². The van der Waals surface area contributed by atoms with E-state index in [2.05, 4.69) is 20.2 Å². The number of aromatic nitrogens is 1. The molecule has 1 aromatic heterocycles. The van der Waals surface area contributed by atoms with Gasteiger partial charge >= 0.3 is 0 Å². The van der Waals surface area contributed by atoms with Crippen LogP contribution in [-0.2, 0) is 11.3 Å². The van der Waals surface area contributed by atoms with E-state index in [1.54, 1.807) is 23.5 Å². The number of amides is 1. The first-order chi connectivity index (χ1) is 11.5. The number of halogens is 1. The summed E-state index contributed by atoms with van der Waals surface area (Å²) in [6, 6.07) is 5.50. The number of carbonyl (C=O) groups excluding carboxylic acids is 1. The van der Waals surface area contributed by atoms with Crippen molar-refractivity contribution in [3.63, 3.8) is 0 Å². The summed E-state index contributed by atoms with van der Waals surface area (Å²) in [6.45, 7) is 6.02. The van der Waals surface area contributed by atoms with Crippen LogP contribution in [0.5, 0.6) is 0 Å². The van der Waals surface area contributed by atoms with Crippen molar-refractivity contribution in [1.82, 2.24) is 14.8 Å². The SMILES string of the molecule is Cc1nc(CN2CCN(C(C(N)=O)c3ccc(F)cc3)CC2)cs1. The Balaban J connectivity index is 1.63. The molecule has 1 unspecified atom stereocenters. The van der Waals surface area contributed by atoms with E-state index in [-0.39, 0.29) is 5.82 Å². The zero-order chi connectivity index (χ0) is 17.1. The van der Waals surface area contributed by atoms with Gasteiger partial charge in [0.1, 0.15) is 11.9 Å². The zero-order valence-electron chi connectivity index (χ0n) is 13.6. The Kier molecular flexibility index (Phi) is 5.23. The number of hydrogen-bond donors (Lipinski definition) is 1. The second-order valence-electron chi connectivity index (χ2n) is 6.03. The van der Waals surface area contributed by atoms with E-state index in [1.807, 2.05) is 6.92 Å². The monoisotopic (exact) mass is 348 g/mol. The molecule has 0 aliphatic carbocycles. The third-order valence-electron chi connectivity index (χ3n) is 4.28. The number of nitrogens with zero attached hydrogens (tertiary/aromatic N) is 3.